The first-order valence-corrected chi connectivity index (χ1v) is 10.5. The molecule has 0 aliphatic carbocycles. The maximum Gasteiger partial charge on any atom is 0.265 e. The van der Waals surface area contributed by atoms with Gasteiger partial charge < -0.3 is 9.30 Å². The lowest BCUT2D eigenvalue weighted by atomic mass is 10.2. The number of hydrazone groups is 1. The molecule has 2 heterocycles. The summed E-state index contributed by atoms with van der Waals surface area (Å²) in [4.78, 5) is 4.63. The van der Waals surface area contributed by atoms with Gasteiger partial charge in [-0.15, -0.1) is 10.2 Å². The number of aryl methyl sites for hydroxylation is 1. The van der Waals surface area contributed by atoms with Crippen molar-refractivity contribution < 1.29 is 4.74 Å². The zero-order valence-corrected chi connectivity index (χ0v) is 17.6. The monoisotopic (exact) mass is 422 g/mol. The lowest BCUT2D eigenvalue weighted by Crippen LogP contribution is -2.02. The van der Waals surface area contributed by atoms with Crippen molar-refractivity contribution in [2.45, 2.75) is 20.1 Å². The third-order valence-electron chi connectivity index (χ3n) is 5.17. The van der Waals surface area contributed by atoms with Crippen LogP contribution in [0.5, 0.6) is 5.75 Å². The van der Waals surface area contributed by atoms with Crippen LogP contribution in [0.3, 0.4) is 0 Å². The van der Waals surface area contributed by atoms with Crippen molar-refractivity contribution in [3.63, 3.8) is 0 Å². The first-order valence-electron chi connectivity index (χ1n) is 10.5. The van der Waals surface area contributed by atoms with Crippen molar-refractivity contribution in [2.24, 2.45) is 5.10 Å². The normalized spacial score (nSPS) is 11.4. The molecule has 0 aliphatic rings. The predicted octanol–water partition coefficient (Wildman–Crippen LogP) is 5.02. The molecule has 2 aromatic heterocycles. The highest BCUT2D eigenvalue weighted by Crippen LogP contribution is 2.26. The second-order valence-electron chi connectivity index (χ2n) is 7.29. The van der Waals surface area contributed by atoms with Crippen molar-refractivity contribution in [3.05, 3.63) is 90.0 Å². The lowest BCUT2D eigenvalue weighted by molar-refractivity contribution is 0.306. The Kier molecular flexibility index (Phi) is 5.45. The van der Waals surface area contributed by atoms with Crippen LogP contribution in [0.4, 0.5) is 5.95 Å². The minimum absolute atomic E-state index is 0.350. The second kappa shape index (κ2) is 8.85. The zero-order valence-electron chi connectivity index (χ0n) is 17.6. The Balaban J connectivity index is 1.31. The molecule has 32 heavy (non-hydrogen) atoms. The highest BCUT2D eigenvalue weighted by Gasteiger charge is 2.13. The van der Waals surface area contributed by atoms with Gasteiger partial charge in [-0.05, 0) is 36.2 Å². The number of nitrogens with one attached hydrogen (secondary N) is 1. The Labute approximate surface area is 185 Å². The van der Waals surface area contributed by atoms with E-state index in [0.29, 0.717) is 12.6 Å². The number of para-hydroxylation sites is 1. The average molecular weight is 422 g/mol. The molecule has 0 aliphatic heterocycles. The summed E-state index contributed by atoms with van der Waals surface area (Å²) in [5, 5.41) is 13.9. The van der Waals surface area contributed by atoms with E-state index in [0.717, 1.165) is 45.5 Å². The van der Waals surface area contributed by atoms with E-state index in [-0.39, 0.29) is 0 Å². The van der Waals surface area contributed by atoms with Gasteiger partial charge in [0, 0.05) is 11.9 Å². The molecule has 0 fully saturated rings. The summed E-state index contributed by atoms with van der Waals surface area (Å²) in [5.41, 5.74) is 7.59. The smallest absolute Gasteiger partial charge is 0.265 e. The number of nitrogens with zero attached hydrogens (tertiary/aromatic N) is 5. The minimum Gasteiger partial charge on any atom is -0.489 e. The van der Waals surface area contributed by atoms with E-state index >= 15 is 0 Å². The summed E-state index contributed by atoms with van der Waals surface area (Å²) in [7, 11) is 0. The molecular weight excluding hydrogens is 400 g/mol. The fourth-order valence-corrected chi connectivity index (χ4v) is 3.66. The SMILES string of the molecule is CCn1c2ccccc2c2nnc(N/N=C/c3cccc(OCc4ccccc4)c3)nc21. The van der Waals surface area contributed by atoms with Crippen LogP contribution < -0.4 is 10.2 Å². The third-order valence-corrected chi connectivity index (χ3v) is 5.17. The van der Waals surface area contributed by atoms with Gasteiger partial charge in [0.05, 0.1) is 11.7 Å². The molecule has 0 saturated carbocycles. The molecule has 0 atom stereocenters. The van der Waals surface area contributed by atoms with Crippen molar-refractivity contribution in [3.8, 4) is 5.75 Å². The maximum atomic E-state index is 5.88. The van der Waals surface area contributed by atoms with E-state index in [2.05, 4.69) is 43.3 Å². The molecule has 158 valence electrons. The highest BCUT2D eigenvalue weighted by molar-refractivity contribution is 6.04. The van der Waals surface area contributed by atoms with Gasteiger partial charge >= 0.3 is 0 Å². The maximum absolute atomic E-state index is 5.88. The molecule has 0 bridgehead atoms. The van der Waals surface area contributed by atoms with Crippen molar-refractivity contribution in [1.29, 1.82) is 0 Å². The number of benzene rings is 3. The molecule has 0 spiro atoms. The first kappa shape index (κ1) is 19.7. The van der Waals surface area contributed by atoms with E-state index in [1.807, 2.05) is 72.8 Å². The van der Waals surface area contributed by atoms with Crippen molar-refractivity contribution >= 4 is 34.2 Å². The van der Waals surface area contributed by atoms with Crippen LogP contribution in [0, 0.1) is 0 Å². The number of aromatic nitrogens is 4. The van der Waals surface area contributed by atoms with Gasteiger partial charge in [0.1, 0.15) is 17.9 Å². The number of hydrogen-bond donors (Lipinski definition) is 1. The van der Waals surface area contributed by atoms with E-state index in [9.17, 15) is 0 Å². The van der Waals surface area contributed by atoms with Crippen LogP contribution in [0.1, 0.15) is 18.1 Å². The largest absolute Gasteiger partial charge is 0.489 e. The Bertz CT molecular complexity index is 1390. The summed E-state index contributed by atoms with van der Waals surface area (Å²) < 4.78 is 8.01. The molecule has 7 nitrogen and oxygen atoms in total. The molecule has 7 heteroatoms. The van der Waals surface area contributed by atoms with Gasteiger partial charge in [0.2, 0.25) is 0 Å². The fourth-order valence-electron chi connectivity index (χ4n) is 3.66. The minimum atomic E-state index is 0.350. The number of fused-ring (bicyclic) bond motifs is 3. The number of ether oxygens (including phenoxy) is 1. The molecule has 0 saturated heterocycles. The van der Waals surface area contributed by atoms with E-state index in [1.54, 1.807) is 6.21 Å². The summed E-state index contributed by atoms with van der Waals surface area (Å²) in [6.07, 6.45) is 1.71. The van der Waals surface area contributed by atoms with Gasteiger partial charge in [0.25, 0.3) is 5.95 Å². The van der Waals surface area contributed by atoms with Gasteiger partial charge in [-0.3, -0.25) is 0 Å². The van der Waals surface area contributed by atoms with Crippen LogP contribution >= 0.6 is 0 Å². The van der Waals surface area contributed by atoms with Crippen molar-refractivity contribution in [2.75, 3.05) is 5.43 Å². The molecule has 0 radical (unpaired) electrons. The molecule has 5 rings (SSSR count). The van der Waals surface area contributed by atoms with E-state index < -0.39 is 0 Å². The average Bonchev–Trinajstić information content (AvgIpc) is 3.16. The van der Waals surface area contributed by atoms with Crippen molar-refractivity contribution in [1.82, 2.24) is 19.7 Å². The Morgan fingerprint density at radius 3 is 2.69 bits per heavy atom. The Morgan fingerprint density at radius 2 is 1.81 bits per heavy atom. The van der Waals surface area contributed by atoms with Gasteiger partial charge in [-0.25, -0.2) is 5.43 Å². The predicted molar refractivity (Wildman–Crippen MR) is 127 cm³/mol. The highest BCUT2D eigenvalue weighted by atomic mass is 16.5. The topological polar surface area (TPSA) is 77.2 Å². The second-order valence-corrected chi connectivity index (χ2v) is 7.29. The Hall–Kier alpha value is -4.26. The van der Waals surface area contributed by atoms with Gasteiger partial charge in [-0.2, -0.15) is 10.1 Å². The van der Waals surface area contributed by atoms with Gasteiger partial charge in [-0.1, -0.05) is 60.7 Å². The fraction of sp³-hybridized carbons (Fsp3) is 0.120. The van der Waals surface area contributed by atoms with E-state index in [1.165, 1.54) is 0 Å². The molecule has 5 aromatic rings. The Morgan fingerprint density at radius 1 is 0.969 bits per heavy atom. The van der Waals surface area contributed by atoms with Crippen LogP contribution in [-0.4, -0.2) is 26.0 Å². The number of hydrogen-bond acceptors (Lipinski definition) is 6. The summed E-state index contributed by atoms with van der Waals surface area (Å²) in [6.45, 7) is 3.40. The number of rotatable bonds is 7. The van der Waals surface area contributed by atoms with Crippen LogP contribution in [-0.2, 0) is 13.2 Å². The molecule has 1 N–H and O–H groups in total. The summed E-state index contributed by atoms with van der Waals surface area (Å²) in [6, 6.07) is 26.0. The summed E-state index contributed by atoms with van der Waals surface area (Å²) in [5.74, 6) is 1.13. The van der Waals surface area contributed by atoms with Gasteiger partial charge in [0.15, 0.2) is 5.65 Å². The standard InChI is InChI=1S/C25H22N6O/c1-2-31-22-14-7-6-13-21(22)23-24(31)27-25(30-28-23)29-26-16-19-11-8-12-20(15-19)32-17-18-9-4-3-5-10-18/h3-16H,2,17H2,1H3,(H,27,29,30)/b26-16+. The lowest BCUT2D eigenvalue weighted by Gasteiger charge is -2.06. The first-order chi connectivity index (χ1) is 15.8. The molecule has 0 amide bonds. The van der Waals surface area contributed by atoms with Crippen LogP contribution in [0.25, 0.3) is 22.1 Å². The quantitative estimate of drug-likeness (QED) is 0.294. The third kappa shape index (κ3) is 4.00. The molecule has 3 aromatic carbocycles. The zero-order chi connectivity index (χ0) is 21.8. The summed E-state index contributed by atoms with van der Waals surface area (Å²) >= 11 is 0. The number of anilines is 1. The molecule has 0 unspecified atom stereocenters. The van der Waals surface area contributed by atoms with Crippen LogP contribution in [0.15, 0.2) is 84.0 Å². The van der Waals surface area contributed by atoms with Crippen LogP contribution in [0.2, 0.25) is 0 Å². The van der Waals surface area contributed by atoms with E-state index in [4.69, 9.17) is 4.74 Å². The molecular formula is C25H22N6O.